The van der Waals surface area contributed by atoms with Crippen LogP contribution in [-0.2, 0) is 58.2 Å². The summed E-state index contributed by atoms with van der Waals surface area (Å²) in [7, 11) is -6.01. The topological polar surface area (TPSA) is 377 Å². The molecule has 0 aromatic heterocycles. The van der Waals surface area contributed by atoms with Gasteiger partial charge in [-0.25, -0.2) is 9.59 Å². The number of unbranched alkanes of at least 4 members (excludes halogenated alkanes) is 2. The average molecular weight is 1480 g/mol. The van der Waals surface area contributed by atoms with Gasteiger partial charge < -0.3 is 61.5 Å². The number of carbonyl (C=O) groups excluding carboxylic acids is 8. The number of benzene rings is 8. The van der Waals surface area contributed by atoms with Crippen LogP contribution in [0, 0.1) is 11.8 Å². The summed E-state index contributed by atoms with van der Waals surface area (Å²) in [6.45, 7) is 3.46. The normalized spacial score (nSPS) is 13.4. The lowest BCUT2D eigenvalue weighted by atomic mass is 9.88. The highest BCUT2D eigenvalue weighted by Gasteiger charge is 2.50. The molecule has 6 amide bonds. The van der Waals surface area contributed by atoms with E-state index in [4.69, 9.17) is 14.9 Å². The summed E-state index contributed by atoms with van der Waals surface area (Å²) in [5.41, 5.74) is 6.75. The first-order chi connectivity index (χ1) is 51.2. The fourth-order valence-corrected chi connectivity index (χ4v) is 13.7. The summed E-state index contributed by atoms with van der Waals surface area (Å²) >= 11 is 0. The van der Waals surface area contributed by atoms with E-state index in [2.05, 4.69) is 26.6 Å². The number of nitrogens with two attached hydrogens (primary N) is 1. The first-order valence-electron chi connectivity index (χ1n) is 35.0. The first-order valence-corrected chi connectivity index (χ1v) is 36.7. The zero-order chi connectivity index (χ0) is 76.7. The molecule has 1 heterocycles. The summed E-state index contributed by atoms with van der Waals surface area (Å²) in [5.74, 6) is -9.19. The largest absolute Gasteiger partial charge is 0.508 e. The number of aryl methyl sites for hydroxylation is 1. The number of carboxylic acid groups (broad SMARTS) is 1. The Morgan fingerprint density at radius 3 is 1.79 bits per heavy atom. The number of alkyl carbamates (subject to hydrolysis) is 1. The minimum Gasteiger partial charge on any atom is -0.508 e. The number of aromatic hydroxyl groups is 1. The number of Topliss-reactive ketones (excluding diaryl/α,β-unsaturated/α-hetero) is 2. The van der Waals surface area contributed by atoms with Gasteiger partial charge in [0.1, 0.15) is 29.7 Å². The second-order valence-electron chi connectivity index (χ2n) is 26.6. The lowest BCUT2D eigenvalue weighted by molar-refractivity contribution is -0.134. The smallest absolute Gasteiger partial charge is 0.407 e. The van der Waals surface area contributed by atoms with Gasteiger partial charge in [-0.15, -0.1) is 0 Å². The van der Waals surface area contributed by atoms with Crippen LogP contribution in [0.2, 0.25) is 0 Å². The Bertz CT molecular complexity index is 4830. The number of hydrogen-bond acceptors (Lipinski definition) is 14. The molecule has 5 unspecified atom stereocenters. The van der Waals surface area contributed by atoms with E-state index in [1.165, 1.54) is 55.5 Å². The van der Waals surface area contributed by atoms with Crippen LogP contribution in [0.3, 0.4) is 0 Å². The van der Waals surface area contributed by atoms with Gasteiger partial charge in [-0.05, 0) is 151 Å². The number of ether oxygens (including phenoxy) is 1. The molecule has 3 aliphatic rings. The summed E-state index contributed by atoms with van der Waals surface area (Å²) < 4.78 is 53.6. The van der Waals surface area contributed by atoms with Crippen molar-refractivity contribution < 1.29 is 85.7 Å². The van der Waals surface area contributed by atoms with Crippen molar-refractivity contribution in [3.63, 3.8) is 0 Å². The molecule has 10 rings (SSSR count). The Hall–Kier alpha value is -11.5. The summed E-state index contributed by atoms with van der Waals surface area (Å²) in [6.07, 6.45) is -0.938. The predicted molar refractivity (Wildman–Crippen MR) is 395 cm³/mol. The van der Waals surface area contributed by atoms with Crippen molar-refractivity contribution in [1.29, 1.82) is 0 Å². The van der Waals surface area contributed by atoms with Crippen LogP contribution in [0.25, 0.3) is 44.5 Å². The predicted octanol–water partition coefficient (Wildman–Crippen LogP) is 11.3. The number of aromatic carboxylic acids is 1. The molecule has 556 valence electrons. The van der Waals surface area contributed by atoms with Crippen LogP contribution in [0.15, 0.2) is 191 Å². The van der Waals surface area contributed by atoms with E-state index in [9.17, 15) is 76.5 Å². The van der Waals surface area contributed by atoms with Crippen molar-refractivity contribution in [1.82, 2.24) is 26.6 Å². The number of hydrogen-bond donors (Lipinski definition) is 10. The first kappa shape index (κ1) is 78.1. The molecule has 7 aromatic carbocycles. The van der Waals surface area contributed by atoms with Gasteiger partial charge in [0.15, 0.2) is 17.0 Å². The molecule has 0 spiro atoms. The van der Waals surface area contributed by atoms with Crippen molar-refractivity contribution in [2.24, 2.45) is 17.6 Å². The molecule has 0 radical (unpaired) electrons. The number of amides is 6. The third-order valence-electron chi connectivity index (χ3n) is 19.1. The van der Waals surface area contributed by atoms with Crippen molar-refractivity contribution in [2.75, 3.05) is 19.7 Å². The Balaban J connectivity index is 0.822. The minimum absolute atomic E-state index is 0.00640. The molecule has 2 aliphatic carbocycles. The van der Waals surface area contributed by atoms with Gasteiger partial charge in [-0.1, -0.05) is 135 Å². The van der Waals surface area contributed by atoms with Crippen LogP contribution in [0.5, 0.6) is 5.75 Å². The van der Waals surface area contributed by atoms with Crippen LogP contribution in [-0.4, -0.2) is 111 Å². The van der Waals surface area contributed by atoms with Crippen LogP contribution in [0.4, 0.5) is 13.6 Å². The highest BCUT2D eigenvalue weighted by Crippen LogP contribution is 2.59. The van der Waals surface area contributed by atoms with Crippen molar-refractivity contribution in [3.8, 4) is 39.3 Å². The third-order valence-corrected chi connectivity index (χ3v) is 20.1. The average Bonchev–Trinajstić information content (AvgIpc) is 1.70. The molecule has 1 aliphatic heterocycles. The highest BCUT2D eigenvalue weighted by atomic mass is 31.2. The number of rotatable bonds is 35. The second-order valence-corrected chi connectivity index (χ2v) is 28.2. The zero-order valence-electron chi connectivity index (χ0n) is 58.6. The molecule has 23 nitrogen and oxygen atoms in total. The Labute approximate surface area is 614 Å². The number of halogens is 2. The maximum absolute atomic E-state index is 15.1. The van der Waals surface area contributed by atoms with Gasteiger partial charge in [-0.2, -0.15) is 8.78 Å². The van der Waals surface area contributed by atoms with Gasteiger partial charge in [0, 0.05) is 89.0 Å². The van der Waals surface area contributed by atoms with E-state index in [0.29, 0.717) is 27.6 Å². The lowest BCUT2D eigenvalue weighted by Crippen LogP contribution is -2.49. The molecule has 11 N–H and O–H groups in total. The van der Waals surface area contributed by atoms with Gasteiger partial charge in [0.25, 0.3) is 11.8 Å². The number of primary amides is 1. The maximum atomic E-state index is 15.1. The third kappa shape index (κ3) is 19.5. The van der Waals surface area contributed by atoms with Gasteiger partial charge in [-0.3, -0.25) is 42.9 Å². The number of phenolic OH excluding ortho intramolecular Hbond substituents is 1. The molecule has 7 aromatic rings. The Morgan fingerprint density at radius 2 is 1.17 bits per heavy atom. The molecule has 26 heteroatoms. The minimum atomic E-state index is -6.01. The number of carbonyl (C=O) groups is 9. The van der Waals surface area contributed by atoms with Crippen molar-refractivity contribution in [3.05, 3.63) is 242 Å². The summed E-state index contributed by atoms with van der Waals surface area (Å²) in [6, 6.07) is 43.3. The maximum Gasteiger partial charge on any atom is 0.407 e. The van der Waals surface area contributed by atoms with Gasteiger partial charge in [0.2, 0.25) is 17.7 Å². The van der Waals surface area contributed by atoms with E-state index in [0.717, 1.165) is 58.5 Å². The van der Waals surface area contributed by atoms with Gasteiger partial charge >= 0.3 is 25.3 Å². The van der Waals surface area contributed by atoms with E-state index < -0.39 is 109 Å². The van der Waals surface area contributed by atoms with Crippen molar-refractivity contribution in [2.45, 2.75) is 114 Å². The van der Waals surface area contributed by atoms with Crippen molar-refractivity contribution >= 4 is 71.7 Å². The monoisotopic (exact) mass is 1480 g/mol. The fraction of sp³-hybridized carbons (Fsp3) is 0.284. The quantitative estimate of drug-likeness (QED) is 0.0100. The lowest BCUT2D eigenvalue weighted by Gasteiger charge is -2.25. The van der Waals surface area contributed by atoms with Crippen LogP contribution in [0.1, 0.15) is 136 Å². The molecule has 0 bridgehead atoms. The number of alkyl halides is 2. The summed E-state index contributed by atoms with van der Waals surface area (Å²) in [4.78, 5) is 156. The Kier molecular flexibility index (Phi) is 25.6. The molecule has 0 fully saturated rings. The van der Waals surface area contributed by atoms with Crippen LogP contribution < -0.4 is 37.7 Å². The fourth-order valence-electron chi connectivity index (χ4n) is 13.2. The molecule has 107 heavy (non-hydrogen) atoms. The van der Waals surface area contributed by atoms with E-state index >= 15 is 4.79 Å². The molecule has 0 saturated heterocycles. The number of fused-ring (bicyclic) bond motifs is 5. The van der Waals surface area contributed by atoms with Crippen LogP contribution >= 0.6 is 7.60 Å². The van der Waals surface area contributed by atoms with Gasteiger partial charge in [0.05, 0.1) is 17.6 Å². The van der Waals surface area contributed by atoms with E-state index in [1.807, 2.05) is 67.6 Å². The van der Waals surface area contributed by atoms with E-state index in [1.54, 1.807) is 48.5 Å². The molecular formula is C81H81F2N6O17P. The highest BCUT2D eigenvalue weighted by molar-refractivity contribution is 7.52. The molecule has 0 saturated carbocycles. The number of ketones is 2. The SMILES string of the molecule is CCc1ccc(C(=O)NCCCCC(NC(=O)C(CC(=O)C(Cc2ccccc2)NC(=O)OCC2c3ccccc3-c3ccccc32)Cc2ccc(C(F)(F)P(=O)(O)O)cc2)C(=O)CC(C)C(=O)NC(CCCCNC(=O)c2ccc(-c3c4ccc(=O)cc-4oc4cc(O)ccc34)c(C(=O)O)c2)C(N)=O)cc1. The number of nitrogens with one attached hydrogen (secondary N) is 5. The summed E-state index contributed by atoms with van der Waals surface area (Å²) in [5, 5.41) is 34.8. The molecular weight excluding hydrogens is 1400 g/mol. The zero-order valence-corrected chi connectivity index (χ0v) is 59.5. The number of carboxylic acids is 1. The second kappa shape index (κ2) is 35.0. The number of phenols is 1. The van der Waals surface area contributed by atoms with E-state index in [-0.39, 0.29) is 128 Å². The Morgan fingerprint density at radius 1 is 0.598 bits per heavy atom. The molecule has 5 atom stereocenters. The standard InChI is InChI=1S/C81H81F2N6O17P/c1-3-48-23-27-51(28-24-48)76(96)85-37-13-11-21-66(69(92)39-47(2)75(95)88-67(74(84)94)22-12-14-38-86-77(97)52-29-34-61(64(42-52)79(99)100)73-62-35-32-55(90)44-71(62)106-72-45-56(91)33-36-63(72)73)87-78(98)53(40-50-25-30-54(31-26-50)81(82,83)107(102,103)104)43-70(93)68(41-49-15-5-4-6-16-49)89-80(101)105-46-65-59-19-9-7-17-57(59)58-18-8-10-20-60(58)65/h4-10,15-20,23-36,42,44-45,47,53,65-68,90H,3,11-14,21-22,37-41,43,46H2,1-2H3,(H2,84,94)(H,85,96)(H,86,97)(H,87,98)(H,88,95)(H,89,101)(H,99,100)(H2,102,103,104).